The highest BCUT2D eigenvalue weighted by molar-refractivity contribution is 14.1. The lowest BCUT2D eigenvalue weighted by atomic mass is 10.1. The molecule has 1 atom stereocenters. The highest BCUT2D eigenvalue weighted by Crippen LogP contribution is 2.37. The molecule has 0 aromatic heterocycles. The molecule has 1 nitrogen and oxygen atoms in total. The van der Waals surface area contributed by atoms with Gasteiger partial charge in [0.1, 0.15) is 17.7 Å². The summed E-state index contributed by atoms with van der Waals surface area (Å²) in [7, 11) is 0. The van der Waals surface area contributed by atoms with Crippen LogP contribution in [0.4, 0.5) is 8.78 Å². The van der Waals surface area contributed by atoms with Gasteiger partial charge in [-0.15, -0.1) is 0 Å². The minimum Gasteiger partial charge on any atom is -0.270 e. The third kappa shape index (κ3) is 0.744. The smallest absolute Gasteiger partial charge is 0.147 e. The van der Waals surface area contributed by atoms with E-state index >= 15 is 0 Å². The highest BCUT2D eigenvalue weighted by Gasteiger charge is 2.37. The lowest BCUT2D eigenvalue weighted by Gasteiger charge is -2.01. The van der Waals surface area contributed by atoms with E-state index in [0.717, 1.165) is 0 Å². The van der Waals surface area contributed by atoms with Gasteiger partial charge >= 0.3 is 0 Å². The lowest BCUT2D eigenvalue weighted by molar-refractivity contribution is 0.589. The first-order valence-electron chi connectivity index (χ1n) is 2.70. The minimum atomic E-state index is -0.509. The molecule has 0 saturated heterocycles. The van der Waals surface area contributed by atoms with Gasteiger partial charge in [-0.25, -0.2) is 8.78 Å². The Morgan fingerprint density at radius 3 is 2.90 bits per heavy atom. The maximum absolute atomic E-state index is 12.7. The summed E-state index contributed by atoms with van der Waals surface area (Å²) in [4.78, 5) is 3.70. The molecular formula is C6H2F2IN. The zero-order valence-electron chi connectivity index (χ0n) is 4.74. The fraction of sp³-hybridized carbons (Fsp3) is 0.167. The van der Waals surface area contributed by atoms with E-state index in [9.17, 15) is 8.78 Å². The summed E-state index contributed by atoms with van der Waals surface area (Å²) in [5.41, 5.74) is 0.524. The second-order valence-electron chi connectivity index (χ2n) is 2.11. The summed E-state index contributed by atoms with van der Waals surface area (Å²) in [6.07, 6.45) is 1.27. The third-order valence-corrected chi connectivity index (χ3v) is 2.46. The Kier molecular flexibility index (Phi) is 1.21. The number of halogens is 3. The number of hydrogen-bond donors (Lipinski definition) is 0. The number of hydrogen-bond acceptors (Lipinski definition) is 1. The topological polar surface area (TPSA) is 12.4 Å². The molecule has 0 aromatic rings. The van der Waals surface area contributed by atoms with E-state index < -0.39 is 17.7 Å². The molecule has 1 heterocycles. The quantitative estimate of drug-likeness (QED) is 0.587. The average Bonchev–Trinajstić information content (AvgIpc) is 2.62. The Hall–Kier alpha value is -0.260. The van der Waals surface area contributed by atoms with E-state index in [1.807, 2.05) is 0 Å². The van der Waals surface area contributed by atoms with Crippen LogP contribution in [0.5, 0.6) is 0 Å². The normalized spacial score (nSPS) is 29.3. The van der Waals surface area contributed by atoms with Gasteiger partial charge in [0.25, 0.3) is 0 Å². The molecule has 52 valence electrons. The van der Waals surface area contributed by atoms with Crippen LogP contribution < -0.4 is 0 Å². The number of allylic oxidation sites excluding steroid dienone is 2. The molecule has 2 aliphatic rings. The van der Waals surface area contributed by atoms with Crippen LogP contribution in [0, 0.1) is 0 Å². The number of aliphatic imine (C=N–C) groups is 1. The molecule has 0 spiro atoms. The minimum absolute atomic E-state index is 0.0626. The molecule has 0 aromatic carbocycles. The number of fused-ring (bicyclic) bond motifs is 1. The van der Waals surface area contributed by atoms with E-state index in [4.69, 9.17) is 0 Å². The monoisotopic (exact) mass is 253 g/mol. The van der Waals surface area contributed by atoms with Crippen LogP contribution >= 0.6 is 22.6 Å². The van der Waals surface area contributed by atoms with Gasteiger partial charge in [-0.1, -0.05) is 0 Å². The number of rotatable bonds is 0. The van der Waals surface area contributed by atoms with E-state index in [1.54, 1.807) is 22.6 Å². The Labute approximate surface area is 69.7 Å². The Bertz CT molecular complexity index is 290. The van der Waals surface area contributed by atoms with Gasteiger partial charge in [0.2, 0.25) is 0 Å². The Balaban J connectivity index is 2.46. The first kappa shape index (κ1) is 6.45. The molecule has 0 amide bonds. The van der Waals surface area contributed by atoms with Gasteiger partial charge in [0, 0.05) is 0 Å². The second kappa shape index (κ2) is 1.87. The van der Waals surface area contributed by atoms with Crippen molar-refractivity contribution < 1.29 is 8.78 Å². The Morgan fingerprint density at radius 1 is 1.50 bits per heavy atom. The van der Waals surface area contributed by atoms with Crippen LogP contribution in [0.2, 0.25) is 0 Å². The fourth-order valence-corrected chi connectivity index (χ4v) is 1.29. The van der Waals surface area contributed by atoms with E-state index in [2.05, 4.69) is 4.99 Å². The van der Waals surface area contributed by atoms with Crippen molar-refractivity contribution in [2.45, 2.75) is 6.04 Å². The number of nitrogens with zero attached hydrogens (tertiary/aromatic N) is 1. The predicted molar refractivity (Wildman–Crippen MR) is 42.6 cm³/mol. The first-order chi connectivity index (χ1) is 4.70. The van der Waals surface area contributed by atoms with Gasteiger partial charge in [0.05, 0.1) is 9.29 Å². The zero-order chi connectivity index (χ0) is 7.30. The predicted octanol–water partition coefficient (Wildman–Crippen LogP) is 2.29. The van der Waals surface area contributed by atoms with Gasteiger partial charge in [-0.2, -0.15) is 0 Å². The molecule has 0 radical (unpaired) electrons. The average molecular weight is 253 g/mol. The van der Waals surface area contributed by atoms with Crippen LogP contribution in [0.3, 0.4) is 0 Å². The van der Waals surface area contributed by atoms with Crippen molar-refractivity contribution in [1.29, 1.82) is 0 Å². The van der Waals surface area contributed by atoms with Crippen LogP contribution in [0.15, 0.2) is 26.3 Å². The molecule has 1 aliphatic carbocycles. The maximum Gasteiger partial charge on any atom is 0.147 e. The molecule has 2 rings (SSSR count). The van der Waals surface area contributed by atoms with Crippen LogP contribution in [0.25, 0.3) is 0 Å². The maximum atomic E-state index is 12.7. The van der Waals surface area contributed by atoms with Gasteiger partial charge in [-0.3, -0.25) is 4.99 Å². The highest BCUT2D eigenvalue weighted by atomic mass is 127. The van der Waals surface area contributed by atoms with Crippen LogP contribution in [-0.4, -0.2) is 11.8 Å². The summed E-state index contributed by atoms with van der Waals surface area (Å²) in [5, 5.41) is 0. The summed E-state index contributed by atoms with van der Waals surface area (Å²) in [5.74, 6) is -0.957. The molecule has 1 aliphatic heterocycles. The van der Waals surface area contributed by atoms with Crippen molar-refractivity contribution >= 4 is 28.3 Å². The van der Waals surface area contributed by atoms with Crippen LogP contribution in [0.1, 0.15) is 0 Å². The molecule has 10 heavy (non-hydrogen) atoms. The lowest BCUT2D eigenvalue weighted by Crippen LogP contribution is -2.03. The zero-order valence-corrected chi connectivity index (χ0v) is 6.89. The van der Waals surface area contributed by atoms with Crippen molar-refractivity contribution in [2.24, 2.45) is 4.99 Å². The summed E-state index contributed by atoms with van der Waals surface area (Å²) < 4.78 is 25.4. The van der Waals surface area contributed by atoms with Crippen molar-refractivity contribution in [1.82, 2.24) is 0 Å². The van der Waals surface area contributed by atoms with Crippen molar-refractivity contribution in [2.75, 3.05) is 0 Å². The standard InChI is InChI=1S/C6H2F2IN/c7-2-1-3-6(10-3)4(8)5(2)9/h1,6H. The Morgan fingerprint density at radius 2 is 2.20 bits per heavy atom. The molecular weight excluding hydrogens is 251 g/mol. The van der Waals surface area contributed by atoms with Gasteiger partial charge in [-0.05, 0) is 28.7 Å². The largest absolute Gasteiger partial charge is 0.270 e. The van der Waals surface area contributed by atoms with Gasteiger partial charge < -0.3 is 0 Å². The van der Waals surface area contributed by atoms with Gasteiger partial charge in [0.15, 0.2) is 0 Å². The SMILES string of the molecule is FC1=CC2=NC2C(F)=C1I. The second-order valence-corrected chi connectivity index (χ2v) is 3.19. The van der Waals surface area contributed by atoms with Crippen molar-refractivity contribution in [3.05, 3.63) is 21.3 Å². The fourth-order valence-electron chi connectivity index (χ4n) is 0.842. The van der Waals surface area contributed by atoms with E-state index in [1.165, 1.54) is 6.08 Å². The summed E-state index contributed by atoms with van der Waals surface area (Å²) in [6.45, 7) is 0. The molecule has 0 N–H and O–H groups in total. The third-order valence-electron chi connectivity index (χ3n) is 1.42. The summed E-state index contributed by atoms with van der Waals surface area (Å²) in [6, 6.07) is -0.439. The van der Waals surface area contributed by atoms with E-state index in [-0.39, 0.29) is 3.58 Å². The van der Waals surface area contributed by atoms with Crippen molar-refractivity contribution in [3.8, 4) is 0 Å². The van der Waals surface area contributed by atoms with Crippen LogP contribution in [-0.2, 0) is 0 Å². The summed E-state index contributed by atoms with van der Waals surface area (Å²) >= 11 is 1.64. The molecule has 0 saturated carbocycles. The molecule has 0 fully saturated rings. The molecule has 0 bridgehead atoms. The molecule has 1 unspecified atom stereocenters. The molecule has 4 heteroatoms. The van der Waals surface area contributed by atoms with Crippen molar-refractivity contribution in [3.63, 3.8) is 0 Å². The van der Waals surface area contributed by atoms with E-state index in [0.29, 0.717) is 5.71 Å². The first-order valence-corrected chi connectivity index (χ1v) is 3.78.